The lowest BCUT2D eigenvalue weighted by molar-refractivity contribution is -0.113. The Labute approximate surface area is 242 Å². The van der Waals surface area contributed by atoms with Gasteiger partial charge >= 0.3 is 0 Å². The van der Waals surface area contributed by atoms with Crippen LogP contribution in [0.25, 0.3) is 6.08 Å². The molecule has 39 heavy (non-hydrogen) atoms. The maximum atomic E-state index is 13.9. The van der Waals surface area contributed by atoms with E-state index >= 15 is 0 Å². The SMILES string of the molecule is C#CCOc1ccc(Br)cc1/C=c1\sc2n(c1=O)[C@H](c1ccc(Cl)cc1)C(C(=O)Nc1ccccc1)=C(C)N=2. The second-order valence-electron chi connectivity index (χ2n) is 8.63. The number of aromatic nitrogens is 1. The number of thiazole rings is 1. The predicted octanol–water partition coefficient (Wildman–Crippen LogP) is 5.30. The minimum absolute atomic E-state index is 0.0966. The Morgan fingerprint density at radius 1 is 1.21 bits per heavy atom. The average Bonchev–Trinajstić information content (AvgIpc) is 3.22. The summed E-state index contributed by atoms with van der Waals surface area (Å²) in [5, 5.41) is 3.49. The van der Waals surface area contributed by atoms with Gasteiger partial charge in [0.25, 0.3) is 11.5 Å². The van der Waals surface area contributed by atoms with Gasteiger partial charge in [0.05, 0.1) is 21.8 Å². The number of rotatable bonds is 6. The Hall–Kier alpha value is -3.90. The van der Waals surface area contributed by atoms with E-state index in [0.29, 0.717) is 42.6 Å². The second-order valence-corrected chi connectivity index (χ2v) is 11.0. The number of allylic oxidation sites excluding steroid dienone is 1. The van der Waals surface area contributed by atoms with Crippen LogP contribution in [0.15, 0.2) is 98.3 Å². The molecule has 0 unspecified atom stereocenters. The van der Waals surface area contributed by atoms with Gasteiger partial charge < -0.3 is 10.1 Å². The summed E-state index contributed by atoms with van der Waals surface area (Å²) < 4.78 is 8.51. The van der Waals surface area contributed by atoms with Crippen LogP contribution in [0.5, 0.6) is 5.75 Å². The number of benzene rings is 3. The van der Waals surface area contributed by atoms with Crippen LogP contribution in [0.3, 0.4) is 0 Å². The molecular formula is C30H21BrClN3O3S. The number of hydrogen-bond donors (Lipinski definition) is 1. The zero-order valence-electron chi connectivity index (χ0n) is 20.7. The van der Waals surface area contributed by atoms with Crippen LogP contribution in [-0.4, -0.2) is 17.1 Å². The fourth-order valence-corrected chi connectivity index (χ4v) is 5.86. The molecule has 0 radical (unpaired) electrons. The van der Waals surface area contributed by atoms with E-state index in [1.54, 1.807) is 47.9 Å². The zero-order valence-corrected chi connectivity index (χ0v) is 23.8. The summed E-state index contributed by atoms with van der Waals surface area (Å²) >= 11 is 10.9. The molecule has 0 spiro atoms. The van der Waals surface area contributed by atoms with Gasteiger partial charge in [-0.3, -0.25) is 14.2 Å². The molecule has 5 rings (SSSR count). The Morgan fingerprint density at radius 3 is 2.67 bits per heavy atom. The highest BCUT2D eigenvalue weighted by Crippen LogP contribution is 2.31. The molecule has 1 aromatic heterocycles. The number of carbonyl (C=O) groups excluding carboxylic acids is 1. The lowest BCUT2D eigenvalue weighted by atomic mass is 9.95. The van der Waals surface area contributed by atoms with Gasteiger partial charge in [-0.2, -0.15) is 0 Å². The molecule has 1 atom stereocenters. The van der Waals surface area contributed by atoms with E-state index in [2.05, 4.69) is 32.2 Å². The lowest BCUT2D eigenvalue weighted by Crippen LogP contribution is -2.40. The largest absolute Gasteiger partial charge is 0.480 e. The minimum Gasteiger partial charge on any atom is -0.480 e. The number of halogens is 2. The van der Waals surface area contributed by atoms with Crippen molar-refractivity contribution in [1.82, 2.24) is 4.57 Å². The highest BCUT2D eigenvalue weighted by Gasteiger charge is 2.32. The molecule has 9 heteroatoms. The summed E-state index contributed by atoms with van der Waals surface area (Å²) in [4.78, 5) is 32.7. The maximum Gasteiger partial charge on any atom is 0.271 e. The van der Waals surface area contributed by atoms with E-state index in [1.807, 2.05) is 42.5 Å². The fraction of sp³-hybridized carbons (Fsp3) is 0.100. The summed E-state index contributed by atoms with van der Waals surface area (Å²) in [6.45, 7) is 1.87. The van der Waals surface area contributed by atoms with E-state index in [-0.39, 0.29) is 18.1 Å². The predicted molar refractivity (Wildman–Crippen MR) is 159 cm³/mol. The smallest absolute Gasteiger partial charge is 0.271 e. The first-order chi connectivity index (χ1) is 18.9. The summed E-state index contributed by atoms with van der Waals surface area (Å²) in [5.74, 6) is 2.67. The van der Waals surface area contributed by atoms with Crippen molar-refractivity contribution in [3.8, 4) is 18.1 Å². The number of anilines is 1. The van der Waals surface area contributed by atoms with Gasteiger partial charge in [0, 0.05) is 20.7 Å². The normalized spacial score (nSPS) is 14.8. The molecule has 1 aliphatic rings. The maximum absolute atomic E-state index is 13.9. The highest BCUT2D eigenvalue weighted by atomic mass is 79.9. The van der Waals surface area contributed by atoms with Gasteiger partial charge in [-0.1, -0.05) is 75.1 Å². The van der Waals surface area contributed by atoms with Gasteiger partial charge in [0.1, 0.15) is 12.4 Å². The summed E-state index contributed by atoms with van der Waals surface area (Å²) in [7, 11) is 0. The highest BCUT2D eigenvalue weighted by molar-refractivity contribution is 9.10. The standard InChI is InChI=1S/C30H21BrClN3O3S/c1-3-15-38-24-14-11-21(31)16-20(24)17-25-29(37)35-27(19-9-12-22(32)13-10-19)26(18(2)33-30(35)39-25)28(36)34-23-7-5-4-6-8-23/h1,4-14,16-17,27H,15H2,2H3,(H,34,36)/b25-17-/t27-/m1/s1. The van der Waals surface area contributed by atoms with E-state index in [0.717, 1.165) is 10.0 Å². The molecule has 0 saturated carbocycles. The second kappa shape index (κ2) is 11.5. The Bertz CT molecular complexity index is 1820. The van der Waals surface area contributed by atoms with Crippen LogP contribution in [-0.2, 0) is 4.79 Å². The van der Waals surface area contributed by atoms with Crippen molar-refractivity contribution >= 4 is 56.5 Å². The third kappa shape index (κ3) is 5.62. The molecule has 0 bridgehead atoms. The molecule has 1 amide bonds. The molecule has 4 aromatic rings. The van der Waals surface area contributed by atoms with Gasteiger partial charge in [0.15, 0.2) is 4.80 Å². The monoisotopic (exact) mass is 617 g/mol. The third-order valence-corrected chi connectivity index (χ3v) is 7.78. The Kier molecular flexibility index (Phi) is 7.84. The van der Waals surface area contributed by atoms with Crippen molar-refractivity contribution in [2.24, 2.45) is 4.99 Å². The van der Waals surface area contributed by atoms with Gasteiger partial charge in [-0.05, 0) is 61.0 Å². The van der Waals surface area contributed by atoms with Crippen LogP contribution < -0.4 is 24.9 Å². The lowest BCUT2D eigenvalue weighted by Gasteiger charge is -2.25. The first-order valence-electron chi connectivity index (χ1n) is 11.9. The number of terminal acetylenes is 1. The van der Waals surface area contributed by atoms with Crippen LogP contribution in [0.4, 0.5) is 5.69 Å². The molecule has 3 aromatic carbocycles. The molecule has 0 aliphatic carbocycles. The number of carbonyl (C=O) groups is 1. The van der Waals surface area contributed by atoms with Gasteiger partial charge in [-0.15, -0.1) is 6.42 Å². The van der Waals surface area contributed by atoms with E-state index in [1.165, 1.54) is 11.3 Å². The van der Waals surface area contributed by atoms with Crippen molar-refractivity contribution < 1.29 is 9.53 Å². The van der Waals surface area contributed by atoms with Crippen molar-refractivity contribution in [2.45, 2.75) is 13.0 Å². The molecule has 0 fully saturated rings. The topological polar surface area (TPSA) is 72.7 Å². The third-order valence-electron chi connectivity index (χ3n) is 6.05. The fourth-order valence-electron chi connectivity index (χ4n) is 4.32. The summed E-state index contributed by atoms with van der Waals surface area (Å²) in [6.07, 6.45) is 7.13. The number of nitrogens with one attached hydrogen (secondary N) is 1. The first kappa shape index (κ1) is 26.7. The van der Waals surface area contributed by atoms with Crippen LogP contribution in [0.2, 0.25) is 5.02 Å². The molecule has 194 valence electrons. The molecule has 1 aliphatic heterocycles. The van der Waals surface area contributed by atoms with Gasteiger partial charge in [-0.25, -0.2) is 4.99 Å². The molecule has 0 saturated heterocycles. The first-order valence-corrected chi connectivity index (χ1v) is 13.8. The van der Waals surface area contributed by atoms with Crippen molar-refractivity contribution in [3.63, 3.8) is 0 Å². The molecule has 2 heterocycles. The number of para-hydroxylation sites is 1. The van der Waals surface area contributed by atoms with Crippen molar-refractivity contribution in [3.05, 3.63) is 124 Å². The average molecular weight is 619 g/mol. The quantitative estimate of drug-likeness (QED) is 0.298. The number of hydrogen-bond acceptors (Lipinski definition) is 5. The Balaban J connectivity index is 1.67. The number of ether oxygens (including phenoxy) is 1. The summed E-state index contributed by atoms with van der Waals surface area (Å²) in [5.41, 5.74) is 2.69. The van der Waals surface area contributed by atoms with E-state index < -0.39 is 6.04 Å². The number of nitrogens with zero attached hydrogens (tertiary/aromatic N) is 2. The zero-order chi connectivity index (χ0) is 27.5. The molecule has 6 nitrogen and oxygen atoms in total. The molecule has 1 N–H and O–H groups in total. The van der Waals surface area contributed by atoms with E-state index in [9.17, 15) is 9.59 Å². The van der Waals surface area contributed by atoms with Crippen LogP contribution in [0.1, 0.15) is 24.1 Å². The van der Waals surface area contributed by atoms with Crippen LogP contribution in [0, 0.1) is 12.3 Å². The minimum atomic E-state index is -0.705. The van der Waals surface area contributed by atoms with Crippen molar-refractivity contribution in [1.29, 1.82) is 0 Å². The molecular weight excluding hydrogens is 598 g/mol. The van der Waals surface area contributed by atoms with E-state index in [4.69, 9.17) is 22.8 Å². The summed E-state index contributed by atoms with van der Waals surface area (Å²) in [6, 6.07) is 21.1. The number of fused-ring (bicyclic) bond motifs is 1. The van der Waals surface area contributed by atoms with Crippen LogP contribution >= 0.6 is 38.9 Å². The van der Waals surface area contributed by atoms with Gasteiger partial charge in [0.2, 0.25) is 0 Å². The number of amides is 1. The van der Waals surface area contributed by atoms with Crippen molar-refractivity contribution in [2.75, 3.05) is 11.9 Å². The Morgan fingerprint density at radius 2 is 1.95 bits per heavy atom.